The fraction of sp³-hybridized carbons (Fsp3) is 1.00. The molecule has 0 aromatic rings. The maximum atomic E-state index is 3.55. The van der Waals surface area contributed by atoms with Crippen LogP contribution < -0.4 is 0 Å². The van der Waals surface area contributed by atoms with Crippen LogP contribution in [0.1, 0.15) is 65.7 Å². The zero-order chi connectivity index (χ0) is 10.8. The number of hydrogen-bond donors (Lipinski definition) is 0. The van der Waals surface area contributed by atoms with Gasteiger partial charge in [0.2, 0.25) is 0 Å². The van der Waals surface area contributed by atoms with Crippen LogP contribution >= 0.6 is 15.9 Å². The van der Waals surface area contributed by atoms with E-state index in [9.17, 15) is 0 Å². The van der Waals surface area contributed by atoms with Crippen LogP contribution in [0.2, 0.25) is 0 Å². The van der Waals surface area contributed by atoms with E-state index in [-0.39, 0.29) is 0 Å². The van der Waals surface area contributed by atoms with Crippen LogP contribution in [0.25, 0.3) is 0 Å². The van der Waals surface area contributed by atoms with Crippen LogP contribution in [0.3, 0.4) is 0 Å². The van der Waals surface area contributed by atoms with E-state index in [1.807, 2.05) is 0 Å². The molecule has 0 saturated carbocycles. The summed E-state index contributed by atoms with van der Waals surface area (Å²) in [4.78, 5) is 0. The molecule has 0 aliphatic rings. The number of alkyl halides is 1. The first-order valence-electron chi connectivity index (χ1n) is 6.26. The van der Waals surface area contributed by atoms with Crippen LogP contribution in [0.4, 0.5) is 0 Å². The van der Waals surface area contributed by atoms with Gasteiger partial charge in [0.05, 0.1) is 0 Å². The first kappa shape index (κ1) is 14.5. The molecule has 0 heterocycles. The van der Waals surface area contributed by atoms with Gasteiger partial charge in [-0.15, -0.1) is 0 Å². The molecular weight excluding hydrogens is 236 g/mol. The Kier molecular flexibility index (Phi) is 10.4. The molecule has 0 aliphatic carbocycles. The molecule has 0 aliphatic heterocycles. The molecule has 0 amide bonds. The molecule has 0 N–H and O–H groups in total. The Hall–Kier alpha value is 0.480. The summed E-state index contributed by atoms with van der Waals surface area (Å²) in [5.74, 6) is 1.77. The van der Waals surface area contributed by atoms with Crippen molar-refractivity contribution in [1.82, 2.24) is 0 Å². The average molecular weight is 263 g/mol. The minimum absolute atomic E-state index is 0.848. The summed E-state index contributed by atoms with van der Waals surface area (Å²) in [5, 5.41) is 1.16. The SMILES string of the molecule is CCCCCCCC(C)CC(C)CBr. The highest BCUT2D eigenvalue weighted by atomic mass is 79.9. The van der Waals surface area contributed by atoms with E-state index in [4.69, 9.17) is 0 Å². The van der Waals surface area contributed by atoms with Gasteiger partial charge >= 0.3 is 0 Å². The van der Waals surface area contributed by atoms with Gasteiger partial charge < -0.3 is 0 Å². The molecule has 0 saturated heterocycles. The van der Waals surface area contributed by atoms with E-state index in [0.29, 0.717) is 0 Å². The van der Waals surface area contributed by atoms with Crippen molar-refractivity contribution in [2.45, 2.75) is 65.7 Å². The summed E-state index contributed by atoms with van der Waals surface area (Å²) < 4.78 is 0. The zero-order valence-electron chi connectivity index (χ0n) is 10.2. The van der Waals surface area contributed by atoms with Gasteiger partial charge in [0.15, 0.2) is 0 Å². The van der Waals surface area contributed by atoms with Crippen molar-refractivity contribution in [3.8, 4) is 0 Å². The minimum atomic E-state index is 0.848. The number of hydrogen-bond acceptors (Lipinski definition) is 0. The Balaban J connectivity index is 3.22. The maximum absolute atomic E-state index is 3.55. The largest absolute Gasteiger partial charge is 0.0925 e. The van der Waals surface area contributed by atoms with Gasteiger partial charge in [-0.05, 0) is 18.3 Å². The summed E-state index contributed by atoms with van der Waals surface area (Å²) >= 11 is 3.55. The molecule has 0 aromatic carbocycles. The quantitative estimate of drug-likeness (QED) is 0.385. The highest BCUT2D eigenvalue weighted by Crippen LogP contribution is 2.19. The van der Waals surface area contributed by atoms with Gasteiger partial charge in [0, 0.05) is 5.33 Å². The van der Waals surface area contributed by atoms with Crippen molar-refractivity contribution in [3.63, 3.8) is 0 Å². The number of halogens is 1. The van der Waals surface area contributed by atoms with E-state index < -0.39 is 0 Å². The van der Waals surface area contributed by atoms with E-state index in [0.717, 1.165) is 17.2 Å². The lowest BCUT2D eigenvalue weighted by molar-refractivity contribution is 0.402. The van der Waals surface area contributed by atoms with Crippen molar-refractivity contribution in [2.24, 2.45) is 11.8 Å². The summed E-state index contributed by atoms with van der Waals surface area (Å²) in [5.41, 5.74) is 0. The molecular formula is C13H27Br. The maximum Gasteiger partial charge on any atom is 0.00571 e. The van der Waals surface area contributed by atoms with Crippen LogP contribution in [0, 0.1) is 11.8 Å². The second-order valence-electron chi connectivity index (χ2n) is 4.80. The monoisotopic (exact) mass is 262 g/mol. The Morgan fingerprint density at radius 2 is 1.57 bits per heavy atom. The van der Waals surface area contributed by atoms with Crippen molar-refractivity contribution in [1.29, 1.82) is 0 Å². The topological polar surface area (TPSA) is 0 Å². The Morgan fingerprint density at radius 3 is 2.14 bits per heavy atom. The standard InChI is InChI=1S/C13H27Br/c1-4-5-6-7-8-9-12(2)10-13(3)11-14/h12-13H,4-11H2,1-3H3. The van der Waals surface area contributed by atoms with Crippen LogP contribution in [0.5, 0.6) is 0 Å². The summed E-state index contributed by atoms with van der Waals surface area (Å²) in [6.45, 7) is 7.02. The molecule has 14 heavy (non-hydrogen) atoms. The molecule has 0 fully saturated rings. The second-order valence-corrected chi connectivity index (χ2v) is 5.45. The molecule has 0 bridgehead atoms. The van der Waals surface area contributed by atoms with Gasteiger partial charge in [-0.1, -0.05) is 75.2 Å². The lowest BCUT2D eigenvalue weighted by Gasteiger charge is -2.14. The van der Waals surface area contributed by atoms with Gasteiger partial charge in [-0.25, -0.2) is 0 Å². The van der Waals surface area contributed by atoms with Gasteiger partial charge in [-0.2, -0.15) is 0 Å². The third kappa shape index (κ3) is 9.05. The van der Waals surface area contributed by atoms with Crippen LogP contribution in [0.15, 0.2) is 0 Å². The summed E-state index contributed by atoms with van der Waals surface area (Å²) in [6, 6.07) is 0. The predicted octanol–water partition coefficient (Wildman–Crippen LogP) is 5.40. The van der Waals surface area contributed by atoms with Crippen molar-refractivity contribution in [3.05, 3.63) is 0 Å². The normalized spacial score (nSPS) is 15.4. The Labute approximate surface area is 99.0 Å². The third-order valence-electron chi connectivity index (χ3n) is 2.87. The van der Waals surface area contributed by atoms with Crippen molar-refractivity contribution in [2.75, 3.05) is 5.33 Å². The van der Waals surface area contributed by atoms with Crippen molar-refractivity contribution >= 4 is 15.9 Å². The zero-order valence-corrected chi connectivity index (χ0v) is 11.8. The molecule has 1 heteroatoms. The van der Waals surface area contributed by atoms with E-state index >= 15 is 0 Å². The highest BCUT2D eigenvalue weighted by molar-refractivity contribution is 9.09. The first-order valence-corrected chi connectivity index (χ1v) is 7.38. The van der Waals surface area contributed by atoms with Gasteiger partial charge in [-0.3, -0.25) is 0 Å². The molecule has 0 nitrogen and oxygen atoms in total. The minimum Gasteiger partial charge on any atom is -0.0925 e. The Bertz CT molecular complexity index is 112. The molecule has 0 rings (SSSR count). The number of unbranched alkanes of at least 4 members (excludes halogenated alkanes) is 4. The van der Waals surface area contributed by atoms with E-state index in [1.165, 1.54) is 44.9 Å². The predicted molar refractivity (Wildman–Crippen MR) is 70.1 cm³/mol. The van der Waals surface area contributed by atoms with Crippen LogP contribution in [-0.2, 0) is 0 Å². The molecule has 0 aromatic heterocycles. The summed E-state index contributed by atoms with van der Waals surface area (Å²) in [6.07, 6.45) is 9.93. The molecule has 86 valence electrons. The smallest absolute Gasteiger partial charge is 0.00571 e. The number of rotatable bonds is 9. The third-order valence-corrected chi connectivity index (χ3v) is 3.97. The van der Waals surface area contributed by atoms with Crippen LogP contribution in [-0.4, -0.2) is 5.33 Å². The molecule has 0 spiro atoms. The lowest BCUT2D eigenvalue weighted by Crippen LogP contribution is -2.04. The Morgan fingerprint density at radius 1 is 0.929 bits per heavy atom. The van der Waals surface area contributed by atoms with E-state index in [1.54, 1.807) is 0 Å². The molecule has 2 atom stereocenters. The highest BCUT2D eigenvalue weighted by Gasteiger charge is 2.06. The fourth-order valence-corrected chi connectivity index (χ4v) is 2.23. The van der Waals surface area contributed by atoms with Gasteiger partial charge in [0.1, 0.15) is 0 Å². The average Bonchev–Trinajstić information content (AvgIpc) is 2.17. The molecule has 0 radical (unpaired) electrons. The fourth-order valence-electron chi connectivity index (χ4n) is 1.96. The van der Waals surface area contributed by atoms with Crippen molar-refractivity contribution < 1.29 is 0 Å². The second kappa shape index (κ2) is 10.0. The lowest BCUT2D eigenvalue weighted by atomic mass is 9.93. The van der Waals surface area contributed by atoms with E-state index in [2.05, 4.69) is 36.7 Å². The summed E-state index contributed by atoms with van der Waals surface area (Å²) in [7, 11) is 0. The molecule has 2 unspecified atom stereocenters. The first-order chi connectivity index (χ1) is 6.70. The van der Waals surface area contributed by atoms with Gasteiger partial charge in [0.25, 0.3) is 0 Å².